The normalized spacial score (nSPS) is 14.7. The van der Waals surface area contributed by atoms with Crippen molar-refractivity contribution in [2.75, 3.05) is 27.2 Å². The van der Waals surface area contributed by atoms with Crippen molar-refractivity contribution in [3.05, 3.63) is 47.8 Å². The van der Waals surface area contributed by atoms with Crippen molar-refractivity contribution in [3.8, 4) is 0 Å². The average molecular weight is 423 g/mol. The number of aryl methyl sites for hydroxylation is 1. The predicted octanol–water partition coefficient (Wildman–Crippen LogP) is 0.633. The van der Waals surface area contributed by atoms with E-state index in [2.05, 4.69) is 20.7 Å². The van der Waals surface area contributed by atoms with E-state index >= 15 is 0 Å². The Bertz CT molecular complexity index is 950. The summed E-state index contributed by atoms with van der Waals surface area (Å²) in [5, 5.41) is 21.0. The Morgan fingerprint density at radius 2 is 2.00 bits per heavy atom. The molecule has 0 fully saturated rings. The molecule has 0 saturated heterocycles. The van der Waals surface area contributed by atoms with Gasteiger partial charge in [-0.05, 0) is 25.5 Å². The van der Waals surface area contributed by atoms with E-state index in [9.17, 15) is 13.5 Å². The molecule has 1 aromatic carbocycles. The minimum Gasteiger partial charge on any atom is -0.383 e. The van der Waals surface area contributed by atoms with Crippen LogP contribution in [0.3, 0.4) is 0 Å². The monoisotopic (exact) mass is 422 g/mol. The van der Waals surface area contributed by atoms with Crippen molar-refractivity contribution in [2.45, 2.75) is 30.9 Å². The number of guanidine groups is 1. The molecule has 2 aromatic rings. The van der Waals surface area contributed by atoms with Crippen LogP contribution in [0.5, 0.6) is 0 Å². The molecule has 160 valence electrons. The van der Waals surface area contributed by atoms with E-state index in [0.29, 0.717) is 23.6 Å². The molecule has 0 aliphatic rings. The third-order valence-corrected chi connectivity index (χ3v) is 6.33. The van der Waals surface area contributed by atoms with Gasteiger partial charge in [0.25, 0.3) is 0 Å². The zero-order chi connectivity index (χ0) is 21.7. The number of hydrogen-bond acceptors (Lipinski definition) is 5. The maximum atomic E-state index is 12.5. The molecule has 2 rings (SSSR count). The van der Waals surface area contributed by atoms with Crippen LogP contribution >= 0.6 is 0 Å². The van der Waals surface area contributed by atoms with Gasteiger partial charge in [-0.3, -0.25) is 4.68 Å². The lowest BCUT2D eigenvalue weighted by atomic mass is 10.00. The Morgan fingerprint density at radius 3 is 2.59 bits per heavy atom. The predicted molar refractivity (Wildman–Crippen MR) is 113 cm³/mol. The molecule has 1 unspecified atom stereocenters. The van der Waals surface area contributed by atoms with E-state index < -0.39 is 15.6 Å². The minimum atomic E-state index is -3.56. The van der Waals surface area contributed by atoms with E-state index in [1.54, 1.807) is 55.3 Å². The van der Waals surface area contributed by atoms with Crippen molar-refractivity contribution in [1.29, 1.82) is 0 Å². The van der Waals surface area contributed by atoms with E-state index in [4.69, 9.17) is 0 Å². The number of nitrogens with one attached hydrogen (secondary N) is 2. The second-order valence-corrected chi connectivity index (χ2v) is 9.24. The summed E-state index contributed by atoms with van der Waals surface area (Å²) in [7, 11) is 1.23. The van der Waals surface area contributed by atoms with Gasteiger partial charge >= 0.3 is 0 Å². The Labute approximate surface area is 172 Å². The second kappa shape index (κ2) is 9.38. The number of benzene rings is 1. The van der Waals surface area contributed by atoms with Gasteiger partial charge in [0.05, 0.1) is 24.2 Å². The average Bonchev–Trinajstić information content (AvgIpc) is 3.11. The molecule has 1 atom stereocenters. The largest absolute Gasteiger partial charge is 0.383 e. The number of hydrogen-bond donors (Lipinski definition) is 3. The summed E-state index contributed by atoms with van der Waals surface area (Å²) in [5.41, 5.74) is 0.138. The van der Waals surface area contributed by atoms with Crippen LogP contribution in [-0.2, 0) is 29.2 Å². The Hall–Kier alpha value is -2.43. The first-order valence-corrected chi connectivity index (χ1v) is 10.8. The quantitative estimate of drug-likeness (QED) is 0.425. The van der Waals surface area contributed by atoms with Crippen molar-refractivity contribution >= 4 is 16.0 Å². The van der Waals surface area contributed by atoms with Crippen molar-refractivity contribution in [2.24, 2.45) is 12.0 Å². The first-order chi connectivity index (χ1) is 13.6. The number of aromatic nitrogens is 2. The van der Waals surface area contributed by atoms with Gasteiger partial charge in [0.15, 0.2) is 5.96 Å². The first-order valence-electron chi connectivity index (χ1n) is 9.32. The Morgan fingerprint density at radius 1 is 1.31 bits per heavy atom. The SMILES string of the molecule is CCNC(=NCc1ccccc1S(=O)(=O)N(C)C)NCC(C)(O)c1cnn(C)c1. The molecule has 10 heteroatoms. The van der Waals surface area contributed by atoms with E-state index in [1.165, 1.54) is 18.4 Å². The number of aliphatic hydroxyl groups is 1. The van der Waals surface area contributed by atoms with Gasteiger partial charge in [-0.25, -0.2) is 17.7 Å². The van der Waals surface area contributed by atoms with Gasteiger partial charge in [-0.2, -0.15) is 5.10 Å². The van der Waals surface area contributed by atoms with Gasteiger partial charge in [0, 0.05) is 39.4 Å². The highest BCUT2D eigenvalue weighted by Crippen LogP contribution is 2.20. The van der Waals surface area contributed by atoms with Gasteiger partial charge in [0.1, 0.15) is 5.60 Å². The highest BCUT2D eigenvalue weighted by molar-refractivity contribution is 7.89. The summed E-state index contributed by atoms with van der Waals surface area (Å²) in [4.78, 5) is 4.73. The first kappa shape index (κ1) is 22.9. The third kappa shape index (κ3) is 5.78. The minimum absolute atomic E-state index is 0.174. The van der Waals surface area contributed by atoms with Crippen LogP contribution in [0.4, 0.5) is 0 Å². The van der Waals surface area contributed by atoms with Crippen LogP contribution in [0.15, 0.2) is 46.5 Å². The lowest BCUT2D eigenvalue weighted by Crippen LogP contribution is -2.44. The fourth-order valence-electron chi connectivity index (χ4n) is 2.65. The maximum Gasteiger partial charge on any atom is 0.242 e. The van der Waals surface area contributed by atoms with Crippen LogP contribution in [0, 0.1) is 0 Å². The zero-order valence-electron chi connectivity index (χ0n) is 17.5. The van der Waals surface area contributed by atoms with Crippen LogP contribution in [-0.4, -0.2) is 60.8 Å². The molecule has 3 N–H and O–H groups in total. The highest BCUT2D eigenvalue weighted by atomic mass is 32.2. The summed E-state index contributed by atoms with van der Waals surface area (Å²) in [6, 6.07) is 6.80. The maximum absolute atomic E-state index is 12.5. The van der Waals surface area contributed by atoms with Crippen LogP contribution < -0.4 is 10.6 Å². The molecule has 0 aliphatic heterocycles. The number of aliphatic imine (C=N–C) groups is 1. The molecule has 0 amide bonds. The third-order valence-electron chi connectivity index (χ3n) is 4.41. The molecule has 1 heterocycles. The van der Waals surface area contributed by atoms with Gasteiger partial charge in [-0.1, -0.05) is 18.2 Å². The van der Waals surface area contributed by atoms with E-state index in [0.717, 1.165) is 0 Å². The fourth-order valence-corrected chi connectivity index (χ4v) is 3.75. The molecule has 0 bridgehead atoms. The fraction of sp³-hybridized carbons (Fsp3) is 0.474. The van der Waals surface area contributed by atoms with Crippen molar-refractivity contribution in [3.63, 3.8) is 0 Å². The Kier molecular flexibility index (Phi) is 7.39. The van der Waals surface area contributed by atoms with Crippen LogP contribution in [0.2, 0.25) is 0 Å². The Balaban J connectivity index is 2.18. The molecule has 1 aromatic heterocycles. The molecule has 0 radical (unpaired) electrons. The number of sulfonamides is 1. The molecule has 29 heavy (non-hydrogen) atoms. The standard InChI is InChI=1S/C19H30N6O3S/c1-6-20-18(22-14-19(2,26)16-12-23-25(5)13-16)21-11-15-9-7-8-10-17(15)29(27,28)24(3)4/h7-10,12-13,26H,6,11,14H2,1-5H3,(H2,20,21,22). The molecule has 0 spiro atoms. The summed E-state index contributed by atoms with van der Waals surface area (Å²) < 4.78 is 27.9. The number of rotatable bonds is 8. The molecular weight excluding hydrogens is 392 g/mol. The second-order valence-electron chi connectivity index (χ2n) is 7.12. The topological polar surface area (TPSA) is 112 Å². The zero-order valence-corrected chi connectivity index (χ0v) is 18.4. The van der Waals surface area contributed by atoms with Crippen molar-refractivity contribution in [1.82, 2.24) is 24.7 Å². The molecule has 9 nitrogen and oxygen atoms in total. The summed E-state index contributed by atoms with van der Waals surface area (Å²) in [5.74, 6) is 0.480. The molecule has 0 aliphatic carbocycles. The molecule has 0 saturated carbocycles. The summed E-state index contributed by atoms with van der Waals surface area (Å²) in [6.45, 7) is 4.63. The smallest absolute Gasteiger partial charge is 0.242 e. The van der Waals surface area contributed by atoms with Gasteiger partial charge in [0.2, 0.25) is 10.0 Å². The summed E-state index contributed by atoms with van der Waals surface area (Å²) in [6.07, 6.45) is 3.38. The van der Waals surface area contributed by atoms with E-state index in [-0.39, 0.29) is 18.0 Å². The number of nitrogens with zero attached hydrogens (tertiary/aromatic N) is 4. The highest BCUT2D eigenvalue weighted by Gasteiger charge is 2.25. The van der Waals surface area contributed by atoms with E-state index in [1.807, 2.05) is 6.92 Å². The van der Waals surface area contributed by atoms with Crippen LogP contribution in [0.1, 0.15) is 25.0 Å². The van der Waals surface area contributed by atoms with Crippen molar-refractivity contribution < 1.29 is 13.5 Å². The lowest BCUT2D eigenvalue weighted by molar-refractivity contribution is 0.0616. The van der Waals surface area contributed by atoms with Gasteiger partial charge in [-0.15, -0.1) is 0 Å². The molecular formula is C19H30N6O3S. The van der Waals surface area contributed by atoms with Crippen LogP contribution in [0.25, 0.3) is 0 Å². The summed E-state index contributed by atoms with van der Waals surface area (Å²) >= 11 is 0. The van der Waals surface area contributed by atoms with Gasteiger partial charge < -0.3 is 15.7 Å². The lowest BCUT2D eigenvalue weighted by Gasteiger charge is -2.23.